The van der Waals surface area contributed by atoms with Crippen molar-refractivity contribution in [3.8, 4) is 5.75 Å². The predicted octanol–water partition coefficient (Wildman–Crippen LogP) is 3.18. The SMILES string of the molecule is CCOCCn1c(=NC(=O)CCS(=O)(=O)c2ccc(OC)cc2)sc2cc(F)ccc21. The van der Waals surface area contributed by atoms with Crippen LogP contribution in [0.25, 0.3) is 10.2 Å². The highest BCUT2D eigenvalue weighted by Crippen LogP contribution is 2.19. The average Bonchev–Trinajstić information content (AvgIpc) is 3.08. The van der Waals surface area contributed by atoms with Crippen molar-refractivity contribution >= 4 is 37.3 Å². The van der Waals surface area contributed by atoms with Gasteiger partial charge in [0.2, 0.25) is 5.91 Å². The number of carbonyl (C=O) groups excluding carboxylic acids is 1. The maximum atomic E-state index is 13.6. The fraction of sp³-hybridized carbons (Fsp3) is 0.333. The lowest BCUT2D eigenvalue weighted by atomic mass is 10.3. The number of benzene rings is 2. The third-order valence-electron chi connectivity index (χ3n) is 4.53. The molecule has 2 aromatic carbocycles. The first-order valence-corrected chi connectivity index (χ1v) is 12.1. The Hall–Kier alpha value is -2.56. The van der Waals surface area contributed by atoms with Gasteiger partial charge in [0.1, 0.15) is 11.6 Å². The zero-order valence-electron chi connectivity index (χ0n) is 17.2. The van der Waals surface area contributed by atoms with Gasteiger partial charge in [-0.05, 0) is 49.4 Å². The van der Waals surface area contributed by atoms with E-state index in [9.17, 15) is 17.6 Å². The Kier molecular flexibility index (Phi) is 7.58. The van der Waals surface area contributed by atoms with E-state index in [-0.39, 0.29) is 22.9 Å². The molecule has 0 aliphatic carbocycles. The molecule has 166 valence electrons. The number of halogens is 1. The summed E-state index contributed by atoms with van der Waals surface area (Å²) in [6.07, 6.45) is -0.261. The van der Waals surface area contributed by atoms with Crippen LogP contribution >= 0.6 is 11.3 Å². The van der Waals surface area contributed by atoms with Crippen molar-refractivity contribution in [2.24, 2.45) is 4.99 Å². The largest absolute Gasteiger partial charge is 0.497 e. The summed E-state index contributed by atoms with van der Waals surface area (Å²) in [6.45, 7) is 3.28. The molecule has 1 amide bonds. The first kappa shape index (κ1) is 23.1. The molecule has 0 saturated heterocycles. The molecule has 31 heavy (non-hydrogen) atoms. The zero-order valence-corrected chi connectivity index (χ0v) is 18.8. The quantitative estimate of drug-likeness (QED) is 0.452. The molecule has 7 nitrogen and oxygen atoms in total. The lowest BCUT2D eigenvalue weighted by Crippen LogP contribution is -2.20. The molecule has 0 atom stereocenters. The summed E-state index contributed by atoms with van der Waals surface area (Å²) < 4.78 is 51.5. The van der Waals surface area contributed by atoms with Crippen LogP contribution in [-0.2, 0) is 25.9 Å². The summed E-state index contributed by atoms with van der Waals surface area (Å²) in [6, 6.07) is 10.3. The van der Waals surface area contributed by atoms with Gasteiger partial charge in [0.15, 0.2) is 14.6 Å². The number of amides is 1. The van der Waals surface area contributed by atoms with E-state index in [1.165, 1.54) is 42.7 Å². The van der Waals surface area contributed by atoms with Gasteiger partial charge in [-0.2, -0.15) is 4.99 Å². The van der Waals surface area contributed by atoms with Crippen LogP contribution < -0.4 is 9.54 Å². The number of fused-ring (bicyclic) bond motifs is 1. The van der Waals surface area contributed by atoms with E-state index in [1.807, 2.05) is 6.92 Å². The van der Waals surface area contributed by atoms with E-state index in [0.29, 0.717) is 35.0 Å². The highest BCUT2D eigenvalue weighted by atomic mass is 32.2. The van der Waals surface area contributed by atoms with Gasteiger partial charge in [0.25, 0.3) is 0 Å². The zero-order chi connectivity index (χ0) is 22.4. The maximum Gasteiger partial charge on any atom is 0.249 e. The van der Waals surface area contributed by atoms with Crippen molar-refractivity contribution in [3.05, 3.63) is 53.1 Å². The van der Waals surface area contributed by atoms with Crippen LogP contribution in [-0.4, -0.2) is 45.0 Å². The number of carbonyl (C=O) groups is 1. The smallest absolute Gasteiger partial charge is 0.249 e. The van der Waals surface area contributed by atoms with Crippen LogP contribution in [0, 0.1) is 5.82 Å². The fourth-order valence-electron chi connectivity index (χ4n) is 2.93. The van der Waals surface area contributed by atoms with Crippen molar-refractivity contribution in [2.45, 2.75) is 24.8 Å². The Labute approximate surface area is 183 Å². The van der Waals surface area contributed by atoms with Crippen LogP contribution in [0.2, 0.25) is 0 Å². The molecule has 0 aliphatic rings. The molecular formula is C21H23FN2O5S2. The van der Waals surface area contributed by atoms with Gasteiger partial charge >= 0.3 is 0 Å². The van der Waals surface area contributed by atoms with Gasteiger partial charge in [0, 0.05) is 19.6 Å². The Morgan fingerprint density at radius 2 is 1.94 bits per heavy atom. The minimum Gasteiger partial charge on any atom is -0.497 e. The minimum absolute atomic E-state index is 0.116. The number of ether oxygens (including phenoxy) is 2. The van der Waals surface area contributed by atoms with E-state index in [0.717, 1.165) is 5.52 Å². The lowest BCUT2D eigenvalue weighted by Gasteiger charge is -2.06. The predicted molar refractivity (Wildman–Crippen MR) is 116 cm³/mol. The Bertz CT molecular complexity index is 1230. The Morgan fingerprint density at radius 1 is 1.19 bits per heavy atom. The molecule has 0 unspecified atom stereocenters. The van der Waals surface area contributed by atoms with Gasteiger partial charge in [-0.1, -0.05) is 11.3 Å². The van der Waals surface area contributed by atoms with E-state index in [4.69, 9.17) is 9.47 Å². The van der Waals surface area contributed by atoms with Crippen LogP contribution in [0.5, 0.6) is 5.75 Å². The number of thiazole rings is 1. The molecule has 0 aliphatic heterocycles. The summed E-state index contributed by atoms with van der Waals surface area (Å²) in [5.74, 6) is -0.758. The summed E-state index contributed by atoms with van der Waals surface area (Å²) in [5, 5.41) is 0. The highest BCUT2D eigenvalue weighted by molar-refractivity contribution is 7.91. The molecular weight excluding hydrogens is 443 g/mol. The van der Waals surface area contributed by atoms with Crippen LogP contribution in [0.15, 0.2) is 52.4 Å². The van der Waals surface area contributed by atoms with E-state index in [1.54, 1.807) is 22.8 Å². The van der Waals surface area contributed by atoms with E-state index < -0.39 is 15.7 Å². The van der Waals surface area contributed by atoms with Crippen molar-refractivity contribution < 1.29 is 27.1 Å². The second kappa shape index (κ2) is 10.2. The maximum absolute atomic E-state index is 13.6. The number of methoxy groups -OCH3 is 1. The van der Waals surface area contributed by atoms with Crippen LogP contribution in [0.1, 0.15) is 13.3 Å². The molecule has 10 heteroatoms. The standard InChI is InChI=1S/C21H23FN2O5S2/c1-3-29-12-11-24-18-9-4-15(22)14-19(18)30-21(24)23-20(25)10-13-31(26,27)17-7-5-16(28-2)6-8-17/h4-9,14H,3,10-13H2,1-2H3. The molecule has 0 radical (unpaired) electrons. The molecule has 0 bridgehead atoms. The minimum atomic E-state index is -3.64. The van der Waals surface area contributed by atoms with Crippen LogP contribution in [0.3, 0.4) is 0 Å². The van der Waals surface area contributed by atoms with Gasteiger partial charge < -0.3 is 14.0 Å². The summed E-state index contributed by atoms with van der Waals surface area (Å²) >= 11 is 1.17. The van der Waals surface area contributed by atoms with Gasteiger partial charge in [0.05, 0.1) is 34.6 Å². The van der Waals surface area contributed by atoms with Crippen molar-refractivity contribution in [3.63, 3.8) is 0 Å². The Balaban J connectivity index is 1.81. The highest BCUT2D eigenvalue weighted by Gasteiger charge is 2.17. The van der Waals surface area contributed by atoms with Gasteiger partial charge in [-0.15, -0.1) is 0 Å². The molecule has 3 aromatic rings. The fourth-order valence-corrected chi connectivity index (χ4v) is 5.26. The molecule has 0 fully saturated rings. The summed E-state index contributed by atoms with van der Waals surface area (Å²) in [4.78, 5) is 17.1. The number of sulfone groups is 1. The van der Waals surface area contributed by atoms with Crippen molar-refractivity contribution in [1.29, 1.82) is 0 Å². The normalized spacial score (nSPS) is 12.4. The lowest BCUT2D eigenvalue weighted by molar-refractivity contribution is -0.117. The average molecular weight is 467 g/mol. The summed E-state index contributed by atoms with van der Waals surface area (Å²) in [7, 11) is -2.15. The van der Waals surface area contributed by atoms with E-state index in [2.05, 4.69) is 4.99 Å². The van der Waals surface area contributed by atoms with Crippen LogP contribution in [0.4, 0.5) is 4.39 Å². The second-order valence-electron chi connectivity index (χ2n) is 6.60. The topological polar surface area (TPSA) is 87.0 Å². The number of hydrogen-bond acceptors (Lipinski definition) is 6. The molecule has 3 rings (SSSR count). The number of rotatable bonds is 9. The monoisotopic (exact) mass is 466 g/mol. The molecule has 0 saturated carbocycles. The molecule has 1 heterocycles. The van der Waals surface area contributed by atoms with Crippen molar-refractivity contribution in [1.82, 2.24) is 4.57 Å². The molecule has 0 N–H and O–H groups in total. The van der Waals surface area contributed by atoms with Gasteiger partial charge in [-0.25, -0.2) is 12.8 Å². The molecule has 0 spiro atoms. The third kappa shape index (κ3) is 5.78. The second-order valence-corrected chi connectivity index (χ2v) is 9.71. The van der Waals surface area contributed by atoms with Gasteiger partial charge in [-0.3, -0.25) is 4.79 Å². The third-order valence-corrected chi connectivity index (χ3v) is 7.30. The number of hydrogen-bond donors (Lipinski definition) is 0. The number of nitrogens with zero attached hydrogens (tertiary/aromatic N) is 2. The van der Waals surface area contributed by atoms with Crippen molar-refractivity contribution in [2.75, 3.05) is 26.1 Å². The van der Waals surface area contributed by atoms with E-state index >= 15 is 0 Å². The number of aromatic nitrogens is 1. The first-order chi connectivity index (χ1) is 14.8. The first-order valence-electron chi connectivity index (χ1n) is 9.65. The Morgan fingerprint density at radius 3 is 2.61 bits per heavy atom. The molecule has 1 aromatic heterocycles. The summed E-state index contributed by atoms with van der Waals surface area (Å²) in [5.41, 5.74) is 0.739.